The van der Waals surface area contributed by atoms with Gasteiger partial charge in [-0.05, 0) is 37.8 Å². The van der Waals surface area contributed by atoms with Crippen LogP contribution in [0.3, 0.4) is 0 Å². The SMILES string of the molecule is CCC[C@H]1CCCCN1S(=O)(=O)c1ccccc1C. The van der Waals surface area contributed by atoms with Crippen LogP contribution in [-0.4, -0.2) is 25.3 Å². The Labute approximate surface area is 116 Å². The van der Waals surface area contributed by atoms with Crippen molar-refractivity contribution in [2.45, 2.75) is 56.9 Å². The summed E-state index contributed by atoms with van der Waals surface area (Å²) < 4.78 is 27.4. The smallest absolute Gasteiger partial charge is 0.207 e. The van der Waals surface area contributed by atoms with Crippen molar-refractivity contribution in [3.63, 3.8) is 0 Å². The number of aryl methyl sites for hydroxylation is 1. The third-order valence-electron chi connectivity index (χ3n) is 3.88. The molecule has 1 heterocycles. The molecule has 0 saturated carbocycles. The molecule has 0 N–H and O–H groups in total. The fourth-order valence-corrected chi connectivity index (χ4v) is 4.84. The lowest BCUT2D eigenvalue weighted by atomic mass is 10.0. The van der Waals surface area contributed by atoms with Crippen molar-refractivity contribution < 1.29 is 8.42 Å². The number of rotatable bonds is 4. The fraction of sp³-hybridized carbons (Fsp3) is 0.600. The van der Waals surface area contributed by atoms with Crippen LogP contribution in [0.25, 0.3) is 0 Å². The first-order valence-corrected chi connectivity index (χ1v) is 8.59. The van der Waals surface area contributed by atoms with E-state index in [9.17, 15) is 8.42 Å². The van der Waals surface area contributed by atoms with Gasteiger partial charge >= 0.3 is 0 Å². The highest BCUT2D eigenvalue weighted by Crippen LogP contribution is 2.28. The molecule has 3 nitrogen and oxygen atoms in total. The summed E-state index contributed by atoms with van der Waals surface area (Å²) in [7, 11) is -3.33. The second kappa shape index (κ2) is 6.06. The number of hydrogen-bond acceptors (Lipinski definition) is 2. The Bertz CT molecular complexity index is 523. The lowest BCUT2D eigenvalue weighted by Gasteiger charge is -2.35. The van der Waals surface area contributed by atoms with E-state index in [1.807, 2.05) is 19.1 Å². The number of nitrogens with zero attached hydrogens (tertiary/aromatic N) is 1. The summed E-state index contributed by atoms with van der Waals surface area (Å²) in [4.78, 5) is 0.470. The van der Waals surface area contributed by atoms with E-state index in [1.165, 1.54) is 0 Å². The highest BCUT2D eigenvalue weighted by molar-refractivity contribution is 7.89. The van der Waals surface area contributed by atoms with Gasteiger partial charge in [0.15, 0.2) is 0 Å². The van der Waals surface area contributed by atoms with Gasteiger partial charge < -0.3 is 0 Å². The molecule has 0 bridgehead atoms. The molecule has 1 aromatic carbocycles. The van der Waals surface area contributed by atoms with Crippen molar-refractivity contribution in [1.82, 2.24) is 4.31 Å². The molecule has 1 aromatic rings. The van der Waals surface area contributed by atoms with Crippen molar-refractivity contribution in [2.75, 3.05) is 6.54 Å². The zero-order valence-corrected chi connectivity index (χ0v) is 12.6. The van der Waals surface area contributed by atoms with Gasteiger partial charge in [0.25, 0.3) is 0 Å². The highest BCUT2D eigenvalue weighted by Gasteiger charge is 2.33. The first-order chi connectivity index (χ1) is 9.07. The van der Waals surface area contributed by atoms with Crippen LogP contribution >= 0.6 is 0 Å². The molecule has 0 aliphatic carbocycles. The lowest BCUT2D eigenvalue weighted by Crippen LogP contribution is -2.43. The number of sulfonamides is 1. The average molecular weight is 281 g/mol. The summed E-state index contributed by atoms with van der Waals surface area (Å²) in [5.41, 5.74) is 0.836. The Morgan fingerprint density at radius 3 is 2.68 bits per heavy atom. The first kappa shape index (κ1) is 14.5. The summed E-state index contributed by atoms with van der Waals surface area (Å²) in [5, 5.41) is 0. The average Bonchev–Trinajstić information content (AvgIpc) is 2.40. The predicted octanol–water partition coefficient (Wildman–Crippen LogP) is 3.34. The molecular formula is C15H23NO2S. The van der Waals surface area contributed by atoms with Crippen molar-refractivity contribution in [1.29, 1.82) is 0 Å². The molecule has 1 aliphatic rings. The molecule has 0 spiro atoms. The van der Waals surface area contributed by atoms with Gasteiger partial charge in [0, 0.05) is 12.6 Å². The minimum atomic E-state index is -3.33. The Morgan fingerprint density at radius 1 is 1.26 bits per heavy atom. The van der Waals surface area contributed by atoms with Crippen LogP contribution < -0.4 is 0 Å². The topological polar surface area (TPSA) is 37.4 Å². The van der Waals surface area contributed by atoms with E-state index in [0.717, 1.165) is 37.7 Å². The predicted molar refractivity (Wildman–Crippen MR) is 77.6 cm³/mol. The van der Waals surface area contributed by atoms with Gasteiger partial charge in [0.05, 0.1) is 4.90 Å². The van der Waals surface area contributed by atoms with Crippen LogP contribution in [0.4, 0.5) is 0 Å². The second-order valence-electron chi connectivity index (χ2n) is 5.32. The molecule has 0 unspecified atom stereocenters. The van der Waals surface area contributed by atoms with Crippen LogP contribution in [0, 0.1) is 6.92 Å². The van der Waals surface area contributed by atoms with E-state index in [-0.39, 0.29) is 6.04 Å². The van der Waals surface area contributed by atoms with Gasteiger partial charge in [-0.1, -0.05) is 38.0 Å². The molecular weight excluding hydrogens is 258 g/mol. The van der Waals surface area contributed by atoms with Crippen LogP contribution in [0.1, 0.15) is 44.6 Å². The monoisotopic (exact) mass is 281 g/mol. The maximum atomic E-state index is 12.8. The zero-order chi connectivity index (χ0) is 13.9. The Morgan fingerprint density at radius 2 is 2.00 bits per heavy atom. The third kappa shape index (κ3) is 3.00. The fourth-order valence-electron chi connectivity index (χ4n) is 2.88. The van der Waals surface area contributed by atoms with Crippen molar-refractivity contribution in [2.24, 2.45) is 0 Å². The van der Waals surface area contributed by atoms with Gasteiger partial charge in [-0.2, -0.15) is 4.31 Å². The Balaban J connectivity index is 2.35. The van der Waals surface area contributed by atoms with E-state index >= 15 is 0 Å². The normalized spacial score (nSPS) is 21.5. The molecule has 106 valence electrons. The minimum absolute atomic E-state index is 0.184. The molecule has 1 atom stereocenters. The number of hydrogen-bond donors (Lipinski definition) is 0. The summed E-state index contributed by atoms with van der Waals surface area (Å²) in [6, 6.07) is 7.46. The van der Waals surface area contributed by atoms with Crippen molar-refractivity contribution in [3.05, 3.63) is 29.8 Å². The second-order valence-corrected chi connectivity index (χ2v) is 7.18. The molecule has 1 aliphatic heterocycles. The molecule has 19 heavy (non-hydrogen) atoms. The first-order valence-electron chi connectivity index (χ1n) is 7.15. The highest BCUT2D eigenvalue weighted by atomic mass is 32.2. The van der Waals surface area contributed by atoms with Crippen LogP contribution in [-0.2, 0) is 10.0 Å². The summed E-state index contributed by atoms with van der Waals surface area (Å²) in [6.07, 6.45) is 5.12. The summed E-state index contributed by atoms with van der Waals surface area (Å²) in [6.45, 7) is 4.65. The Hall–Kier alpha value is -0.870. The van der Waals surface area contributed by atoms with Gasteiger partial charge in [0.1, 0.15) is 0 Å². The van der Waals surface area contributed by atoms with Crippen molar-refractivity contribution >= 4 is 10.0 Å². The van der Waals surface area contributed by atoms with Gasteiger partial charge in [-0.25, -0.2) is 8.42 Å². The third-order valence-corrected chi connectivity index (χ3v) is 5.99. The molecule has 2 rings (SSSR count). The lowest BCUT2D eigenvalue weighted by molar-refractivity contribution is 0.239. The summed E-state index contributed by atoms with van der Waals surface area (Å²) >= 11 is 0. The van der Waals surface area contributed by atoms with E-state index in [1.54, 1.807) is 16.4 Å². The maximum absolute atomic E-state index is 12.8. The molecule has 4 heteroatoms. The molecule has 0 aromatic heterocycles. The van der Waals surface area contributed by atoms with Crippen LogP contribution in [0.2, 0.25) is 0 Å². The molecule has 1 fully saturated rings. The number of benzene rings is 1. The molecule has 0 amide bonds. The van der Waals surface area contributed by atoms with Crippen LogP contribution in [0.5, 0.6) is 0 Å². The van der Waals surface area contributed by atoms with Gasteiger partial charge in [-0.3, -0.25) is 0 Å². The van der Waals surface area contributed by atoms with Gasteiger partial charge in [0.2, 0.25) is 10.0 Å². The standard InChI is InChI=1S/C15H23NO2S/c1-3-8-14-10-6-7-12-16(14)19(17,18)15-11-5-4-9-13(15)2/h4-5,9,11,14H,3,6-8,10,12H2,1-2H3/t14-/m0/s1. The number of piperidine rings is 1. The van der Waals surface area contributed by atoms with Gasteiger partial charge in [-0.15, -0.1) is 0 Å². The molecule has 0 radical (unpaired) electrons. The van der Waals surface area contributed by atoms with E-state index < -0.39 is 10.0 Å². The zero-order valence-electron chi connectivity index (χ0n) is 11.8. The largest absolute Gasteiger partial charge is 0.243 e. The van der Waals surface area contributed by atoms with E-state index in [2.05, 4.69) is 6.92 Å². The summed E-state index contributed by atoms with van der Waals surface area (Å²) in [5.74, 6) is 0. The minimum Gasteiger partial charge on any atom is -0.207 e. The molecule has 1 saturated heterocycles. The quantitative estimate of drug-likeness (QED) is 0.849. The van der Waals surface area contributed by atoms with Crippen LogP contribution in [0.15, 0.2) is 29.2 Å². The van der Waals surface area contributed by atoms with E-state index in [0.29, 0.717) is 11.4 Å². The maximum Gasteiger partial charge on any atom is 0.243 e. The van der Waals surface area contributed by atoms with E-state index in [4.69, 9.17) is 0 Å². The Kier molecular flexibility index (Phi) is 4.63. The van der Waals surface area contributed by atoms with Crippen molar-refractivity contribution in [3.8, 4) is 0 Å².